The summed E-state index contributed by atoms with van der Waals surface area (Å²) in [6.45, 7) is 2.00. The summed E-state index contributed by atoms with van der Waals surface area (Å²) in [7, 11) is 0. The molecule has 1 heterocycles. The Bertz CT molecular complexity index is 913. The van der Waals surface area contributed by atoms with E-state index >= 15 is 0 Å². The molecule has 0 radical (unpaired) electrons. The second kappa shape index (κ2) is 7.47. The van der Waals surface area contributed by atoms with E-state index in [0.29, 0.717) is 11.0 Å². The van der Waals surface area contributed by atoms with Crippen LogP contribution in [-0.2, 0) is 0 Å². The maximum absolute atomic E-state index is 9.23. The number of rotatable bonds is 4. The Morgan fingerprint density at radius 1 is 1.12 bits per heavy atom. The van der Waals surface area contributed by atoms with Crippen molar-refractivity contribution in [2.75, 3.05) is 10.7 Å². The number of benzene rings is 2. The molecule has 0 amide bonds. The Hall–Kier alpha value is -3.37. The molecule has 0 atom stereocenters. The molecule has 7 heteroatoms. The lowest BCUT2D eigenvalue weighted by atomic mass is 10.1. The fourth-order valence-corrected chi connectivity index (χ4v) is 2.27. The van der Waals surface area contributed by atoms with Crippen molar-refractivity contribution in [1.29, 1.82) is 5.26 Å². The molecule has 0 bridgehead atoms. The van der Waals surface area contributed by atoms with E-state index in [2.05, 4.69) is 21.2 Å². The van der Waals surface area contributed by atoms with E-state index in [1.54, 1.807) is 0 Å². The minimum atomic E-state index is 0.144. The number of aromatic nitrogens is 1. The number of anilines is 2. The van der Waals surface area contributed by atoms with E-state index in [9.17, 15) is 5.26 Å². The molecule has 3 aromatic rings. The highest BCUT2D eigenvalue weighted by Gasteiger charge is 2.14. The van der Waals surface area contributed by atoms with Gasteiger partial charge in [-0.2, -0.15) is 10.2 Å². The summed E-state index contributed by atoms with van der Waals surface area (Å²) >= 11 is 5.20. The molecule has 25 heavy (non-hydrogen) atoms. The number of para-hydroxylation sites is 1. The maximum atomic E-state index is 9.23. The molecule has 0 unspecified atom stereocenters. The Kier molecular flexibility index (Phi) is 4.92. The summed E-state index contributed by atoms with van der Waals surface area (Å²) in [4.78, 5) is 4.20. The Morgan fingerprint density at radius 2 is 1.84 bits per heavy atom. The zero-order chi connectivity index (χ0) is 17.6. The molecule has 0 fully saturated rings. The Labute approximate surface area is 150 Å². The van der Waals surface area contributed by atoms with Crippen LogP contribution in [0.3, 0.4) is 0 Å². The summed E-state index contributed by atoms with van der Waals surface area (Å²) in [6.07, 6.45) is 0. The van der Waals surface area contributed by atoms with Gasteiger partial charge in [0.25, 0.3) is 5.88 Å². The third-order valence-corrected chi connectivity index (χ3v) is 3.56. The summed E-state index contributed by atoms with van der Waals surface area (Å²) in [5, 5.41) is 12.6. The first-order chi connectivity index (χ1) is 12.2. The van der Waals surface area contributed by atoms with Gasteiger partial charge >= 0.3 is 0 Å². The number of hydrogen-bond acceptors (Lipinski definition) is 5. The standard InChI is InChI=1S/C18H15N5OS/c1-12-7-9-13(10-8-12)16-21-15(11-19)17(24-16)22-23-18(25)20-14-5-3-2-4-6-14/h2-10,22H,1H3,(H2,20,23,25). The molecule has 0 aliphatic rings. The normalized spacial score (nSPS) is 9.92. The van der Waals surface area contributed by atoms with Crippen molar-refractivity contribution in [3.63, 3.8) is 0 Å². The molecular weight excluding hydrogens is 334 g/mol. The van der Waals surface area contributed by atoms with Crippen LogP contribution in [0.25, 0.3) is 11.5 Å². The van der Waals surface area contributed by atoms with Crippen molar-refractivity contribution in [3.05, 3.63) is 65.9 Å². The molecule has 124 valence electrons. The molecular formula is C18H15N5OS. The van der Waals surface area contributed by atoms with Crippen LogP contribution in [0.1, 0.15) is 11.3 Å². The summed E-state index contributed by atoms with van der Waals surface area (Å²) in [5.41, 5.74) is 8.48. The van der Waals surface area contributed by atoms with Crippen molar-refractivity contribution in [3.8, 4) is 17.5 Å². The number of nitrogens with one attached hydrogen (secondary N) is 3. The number of oxazole rings is 1. The minimum absolute atomic E-state index is 0.144. The fourth-order valence-electron chi connectivity index (χ4n) is 2.10. The van der Waals surface area contributed by atoms with Crippen LogP contribution in [0, 0.1) is 18.3 Å². The van der Waals surface area contributed by atoms with E-state index in [0.717, 1.165) is 16.8 Å². The van der Waals surface area contributed by atoms with Crippen LogP contribution in [-0.4, -0.2) is 10.1 Å². The molecule has 3 rings (SSSR count). The van der Waals surface area contributed by atoms with Crippen molar-refractivity contribution >= 4 is 28.9 Å². The van der Waals surface area contributed by atoms with Crippen LogP contribution in [0.5, 0.6) is 0 Å². The fraction of sp³-hybridized carbons (Fsp3) is 0.0556. The molecule has 2 aromatic carbocycles. The van der Waals surface area contributed by atoms with Crippen molar-refractivity contribution < 1.29 is 4.42 Å². The summed E-state index contributed by atoms with van der Waals surface area (Å²) in [5.74, 6) is 0.568. The molecule has 6 nitrogen and oxygen atoms in total. The average molecular weight is 349 g/mol. The lowest BCUT2D eigenvalue weighted by Gasteiger charge is -2.10. The van der Waals surface area contributed by atoms with Gasteiger partial charge in [0.05, 0.1) is 0 Å². The minimum Gasteiger partial charge on any atom is -0.417 e. The van der Waals surface area contributed by atoms with Crippen molar-refractivity contribution in [2.24, 2.45) is 0 Å². The van der Waals surface area contributed by atoms with Gasteiger partial charge in [0.2, 0.25) is 11.6 Å². The topological polar surface area (TPSA) is 85.9 Å². The van der Waals surface area contributed by atoms with E-state index in [-0.39, 0.29) is 11.6 Å². The van der Waals surface area contributed by atoms with Gasteiger partial charge in [0.15, 0.2) is 5.11 Å². The van der Waals surface area contributed by atoms with Gasteiger partial charge < -0.3 is 9.73 Å². The van der Waals surface area contributed by atoms with Gasteiger partial charge in [-0.15, -0.1) is 0 Å². The highest BCUT2D eigenvalue weighted by Crippen LogP contribution is 2.25. The largest absolute Gasteiger partial charge is 0.417 e. The SMILES string of the molecule is Cc1ccc(-c2nc(C#N)c(NNC(=S)Nc3ccccc3)o2)cc1. The van der Waals surface area contributed by atoms with Crippen molar-refractivity contribution in [2.45, 2.75) is 6.92 Å². The van der Waals surface area contributed by atoms with Gasteiger partial charge in [-0.3, -0.25) is 10.9 Å². The predicted molar refractivity (Wildman–Crippen MR) is 101 cm³/mol. The molecule has 0 aliphatic carbocycles. The van der Waals surface area contributed by atoms with Crippen molar-refractivity contribution in [1.82, 2.24) is 10.4 Å². The first kappa shape index (κ1) is 16.5. The molecule has 0 saturated heterocycles. The van der Waals surface area contributed by atoms with E-state index < -0.39 is 0 Å². The molecule has 0 spiro atoms. The number of nitriles is 1. The third-order valence-electron chi connectivity index (χ3n) is 3.35. The lowest BCUT2D eigenvalue weighted by Crippen LogP contribution is -2.33. The molecule has 0 aliphatic heterocycles. The van der Waals surface area contributed by atoms with Gasteiger partial charge in [0.1, 0.15) is 6.07 Å². The highest BCUT2D eigenvalue weighted by molar-refractivity contribution is 7.80. The summed E-state index contributed by atoms with van der Waals surface area (Å²) in [6, 6.07) is 19.2. The van der Waals surface area contributed by atoms with Crippen LogP contribution >= 0.6 is 12.2 Å². The smallest absolute Gasteiger partial charge is 0.250 e. The van der Waals surface area contributed by atoms with Gasteiger partial charge in [-0.05, 0) is 43.4 Å². The van der Waals surface area contributed by atoms with Crippen LogP contribution in [0.4, 0.5) is 11.6 Å². The average Bonchev–Trinajstić information content (AvgIpc) is 3.05. The van der Waals surface area contributed by atoms with E-state index in [1.165, 1.54) is 0 Å². The predicted octanol–water partition coefficient (Wildman–Crippen LogP) is 3.84. The zero-order valence-electron chi connectivity index (χ0n) is 13.4. The number of thiocarbonyl (C=S) groups is 1. The third kappa shape index (κ3) is 4.13. The molecule has 3 N–H and O–H groups in total. The number of nitrogens with zero attached hydrogens (tertiary/aromatic N) is 2. The number of aryl methyl sites for hydroxylation is 1. The van der Waals surface area contributed by atoms with Crippen LogP contribution < -0.4 is 16.2 Å². The zero-order valence-corrected chi connectivity index (χ0v) is 14.2. The first-order valence-electron chi connectivity index (χ1n) is 7.52. The van der Waals surface area contributed by atoms with Crippen LogP contribution in [0.15, 0.2) is 59.0 Å². The number of hydrogen-bond donors (Lipinski definition) is 3. The highest BCUT2D eigenvalue weighted by atomic mass is 32.1. The maximum Gasteiger partial charge on any atom is 0.250 e. The Morgan fingerprint density at radius 3 is 2.52 bits per heavy atom. The van der Waals surface area contributed by atoms with E-state index in [4.69, 9.17) is 16.6 Å². The van der Waals surface area contributed by atoms with Gasteiger partial charge in [-0.1, -0.05) is 35.9 Å². The quantitative estimate of drug-likeness (QED) is 0.487. The monoisotopic (exact) mass is 349 g/mol. The Balaban J connectivity index is 1.69. The second-order valence-electron chi connectivity index (χ2n) is 5.24. The molecule has 1 aromatic heterocycles. The van der Waals surface area contributed by atoms with E-state index in [1.807, 2.05) is 67.6 Å². The van der Waals surface area contributed by atoms with Crippen LogP contribution in [0.2, 0.25) is 0 Å². The van der Waals surface area contributed by atoms with Gasteiger partial charge in [-0.25, -0.2) is 0 Å². The van der Waals surface area contributed by atoms with Gasteiger partial charge in [0, 0.05) is 11.3 Å². The molecule has 0 saturated carbocycles. The first-order valence-corrected chi connectivity index (χ1v) is 7.92. The lowest BCUT2D eigenvalue weighted by molar-refractivity contribution is 0.583. The summed E-state index contributed by atoms with van der Waals surface area (Å²) < 4.78 is 5.64. The number of hydrazine groups is 1. The second-order valence-corrected chi connectivity index (χ2v) is 5.65.